The summed E-state index contributed by atoms with van der Waals surface area (Å²) in [5, 5.41) is 1.67. The second kappa shape index (κ2) is 5.80. The van der Waals surface area contributed by atoms with Gasteiger partial charge in [-0.15, -0.1) is 11.3 Å². The smallest absolute Gasteiger partial charge is 0.262 e. The minimum absolute atomic E-state index is 0.112. The fraction of sp³-hybridized carbons (Fsp3) is 0.333. The summed E-state index contributed by atoms with van der Waals surface area (Å²) < 4.78 is 1.71. The Kier molecular flexibility index (Phi) is 3.77. The fourth-order valence-electron chi connectivity index (χ4n) is 3.07. The average Bonchev–Trinajstić information content (AvgIpc) is 3.11. The molecule has 0 bridgehead atoms. The van der Waals surface area contributed by atoms with Crippen LogP contribution in [0.5, 0.6) is 0 Å². The van der Waals surface area contributed by atoms with Crippen LogP contribution in [0.25, 0.3) is 10.2 Å². The van der Waals surface area contributed by atoms with Gasteiger partial charge in [-0.05, 0) is 37.3 Å². The molecule has 118 valence electrons. The zero-order chi connectivity index (χ0) is 16.0. The molecule has 0 saturated carbocycles. The lowest BCUT2D eigenvalue weighted by atomic mass is 10.2. The van der Waals surface area contributed by atoms with E-state index in [1.807, 2.05) is 7.05 Å². The molecule has 1 aliphatic carbocycles. The Labute approximate surface area is 143 Å². The van der Waals surface area contributed by atoms with E-state index >= 15 is 0 Å². The second-order valence-electron chi connectivity index (χ2n) is 6.07. The first-order chi connectivity index (χ1) is 11.1. The maximum absolute atomic E-state index is 12.7. The fourth-order valence-corrected chi connectivity index (χ4v) is 5.30. The van der Waals surface area contributed by atoms with Crippen molar-refractivity contribution in [3.8, 4) is 0 Å². The molecule has 1 aliphatic rings. The first-order valence-corrected chi connectivity index (χ1v) is 9.63. The molecule has 2 heterocycles. The Hall–Kier alpha value is -1.59. The summed E-state index contributed by atoms with van der Waals surface area (Å²) in [6.07, 6.45) is 3.30. The molecule has 3 nitrogen and oxygen atoms in total. The van der Waals surface area contributed by atoms with Gasteiger partial charge in [0.2, 0.25) is 0 Å². The van der Waals surface area contributed by atoms with Gasteiger partial charge in [-0.3, -0.25) is 9.36 Å². The van der Waals surface area contributed by atoms with E-state index in [2.05, 4.69) is 31.2 Å². The zero-order valence-electron chi connectivity index (χ0n) is 13.3. The van der Waals surface area contributed by atoms with Crippen molar-refractivity contribution >= 4 is 33.3 Å². The number of hydrogen-bond acceptors (Lipinski definition) is 4. The summed E-state index contributed by atoms with van der Waals surface area (Å²) in [5.41, 5.74) is 3.89. The van der Waals surface area contributed by atoms with Gasteiger partial charge in [-0.25, -0.2) is 4.98 Å². The van der Waals surface area contributed by atoms with Crippen molar-refractivity contribution in [2.75, 3.05) is 0 Å². The second-order valence-corrected chi connectivity index (χ2v) is 8.10. The molecular formula is C18H18N2OS2. The van der Waals surface area contributed by atoms with Crippen LogP contribution in [0, 0.1) is 6.92 Å². The van der Waals surface area contributed by atoms with E-state index in [4.69, 9.17) is 4.98 Å². The van der Waals surface area contributed by atoms with Crippen molar-refractivity contribution < 1.29 is 0 Å². The molecule has 5 heteroatoms. The Bertz CT molecular complexity index is 938. The molecule has 0 radical (unpaired) electrons. The van der Waals surface area contributed by atoms with E-state index in [1.165, 1.54) is 28.0 Å². The first kappa shape index (κ1) is 15.0. The van der Waals surface area contributed by atoms with Crippen molar-refractivity contribution in [2.45, 2.75) is 37.1 Å². The Morgan fingerprint density at radius 1 is 1.26 bits per heavy atom. The highest BCUT2D eigenvalue weighted by atomic mass is 32.2. The molecule has 0 saturated heterocycles. The normalized spacial score (nSPS) is 13.7. The minimum atomic E-state index is 0.112. The molecule has 3 aromatic rings. The number of thioether (sulfide) groups is 1. The predicted molar refractivity (Wildman–Crippen MR) is 97.6 cm³/mol. The van der Waals surface area contributed by atoms with Crippen LogP contribution in [0.3, 0.4) is 0 Å². The van der Waals surface area contributed by atoms with Gasteiger partial charge in [0.05, 0.1) is 5.39 Å². The number of nitrogens with zero attached hydrogens (tertiary/aromatic N) is 2. The molecule has 2 aromatic heterocycles. The summed E-state index contributed by atoms with van der Waals surface area (Å²) in [6.45, 7) is 2.09. The molecule has 0 N–H and O–H groups in total. The highest BCUT2D eigenvalue weighted by Crippen LogP contribution is 2.35. The van der Waals surface area contributed by atoms with Crippen LogP contribution in [0.4, 0.5) is 0 Å². The summed E-state index contributed by atoms with van der Waals surface area (Å²) in [5.74, 6) is 0.831. The van der Waals surface area contributed by atoms with Crippen LogP contribution >= 0.6 is 23.1 Å². The lowest BCUT2D eigenvalue weighted by Gasteiger charge is -2.08. The number of aryl methyl sites for hydroxylation is 3. The molecule has 0 unspecified atom stereocenters. The lowest BCUT2D eigenvalue weighted by Crippen LogP contribution is -2.20. The molecule has 0 spiro atoms. The number of aromatic nitrogens is 2. The zero-order valence-corrected chi connectivity index (χ0v) is 14.9. The average molecular weight is 342 g/mol. The molecule has 1 aromatic carbocycles. The van der Waals surface area contributed by atoms with Crippen LogP contribution in [0.1, 0.15) is 28.0 Å². The Morgan fingerprint density at radius 3 is 2.83 bits per heavy atom. The highest BCUT2D eigenvalue weighted by molar-refractivity contribution is 7.98. The van der Waals surface area contributed by atoms with Crippen LogP contribution in [0.15, 0.2) is 34.2 Å². The molecule has 23 heavy (non-hydrogen) atoms. The number of hydrogen-bond donors (Lipinski definition) is 0. The van der Waals surface area contributed by atoms with Crippen molar-refractivity contribution in [2.24, 2.45) is 7.05 Å². The van der Waals surface area contributed by atoms with Gasteiger partial charge in [-0.1, -0.05) is 41.6 Å². The molecule has 0 fully saturated rings. The predicted octanol–water partition coefficient (Wildman–Crippen LogP) is 4.08. The van der Waals surface area contributed by atoms with Gasteiger partial charge >= 0.3 is 0 Å². The third-order valence-corrected chi connectivity index (χ3v) is 6.68. The molecule has 4 rings (SSSR count). The number of thiophene rings is 1. The van der Waals surface area contributed by atoms with E-state index in [1.54, 1.807) is 27.7 Å². The van der Waals surface area contributed by atoms with Crippen molar-refractivity contribution in [3.63, 3.8) is 0 Å². The quantitative estimate of drug-likeness (QED) is 0.531. The van der Waals surface area contributed by atoms with Crippen LogP contribution < -0.4 is 5.56 Å². The van der Waals surface area contributed by atoms with Gasteiger partial charge in [0.25, 0.3) is 5.56 Å². The third kappa shape index (κ3) is 2.62. The van der Waals surface area contributed by atoms with Crippen molar-refractivity contribution in [1.29, 1.82) is 0 Å². The summed E-state index contributed by atoms with van der Waals surface area (Å²) in [7, 11) is 1.84. The lowest BCUT2D eigenvalue weighted by molar-refractivity contribution is 0.727. The van der Waals surface area contributed by atoms with Gasteiger partial charge in [-0.2, -0.15) is 0 Å². The van der Waals surface area contributed by atoms with Crippen LogP contribution in [-0.2, 0) is 25.6 Å². The molecule has 0 amide bonds. The SMILES string of the molecule is Cc1ccc(CSc2nc3sc4c(c3c(=O)n2C)CCC4)cc1. The van der Waals surface area contributed by atoms with Gasteiger partial charge < -0.3 is 0 Å². The van der Waals surface area contributed by atoms with E-state index in [0.717, 1.165) is 34.0 Å². The van der Waals surface area contributed by atoms with E-state index in [9.17, 15) is 4.79 Å². The third-order valence-electron chi connectivity index (χ3n) is 4.39. The maximum Gasteiger partial charge on any atom is 0.262 e. The number of fused-ring (bicyclic) bond motifs is 3. The monoisotopic (exact) mass is 342 g/mol. The van der Waals surface area contributed by atoms with Crippen molar-refractivity contribution in [3.05, 3.63) is 56.2 Å². The van der Waals surface area contributed by atoms with Crippen LogP contribution in [0.2, 0.25) is 0 Å². The maximum atomic E-state index is 12.7. The van der Waals surface area contributed by atoms with Gasteiger partial charge in [0.15, 0.2) is 5.16 Å². The summed E-state index contributed by atoms with van der Waals surface area (Å²) >= 11 is 3.34. The van der Waals surface area contributed by atoms with Crippen LogP contribution in [-0.4, -0.2) is 9.55 Å². The Balaban J connectivity index is 1.69. The summed E-state index contributed by atoms with van der Waals surface area (Å²) in [6, 6.07) is 8.52. The van der Waals surface area contributed by atoms with E-state index in [-0.39, 0.29) is 5.56 Å². The molecular weight excluding hydrogens is 324 g/mol. The number of rotatable bonds is 3. The molecule has 0 aliphatic heterocycles. The van der Waals surface area contributed by atoms with E-state index < -0.39 is 0 Å². The Morgan fingerprint density at radius 2 is 2.04 bits per heavy atom. The topological polar surface area (TPSA) is 34.9 Å². The van der Waals surface area contributed by atoms with Gasteiger partial charge in [0, 0.05) is 17.7 Å². The molecule has 0 atom stereocenters. The standard InChI is InChI=1S/C18H18N2OS2/c1-11-6-8-12(9-7-11)10-22-18-19-16-15(17(21)20(18)2)13-4-3-5-14(13)23-16/h6-9H,3-5,10H2,1-2H3. The largest absolute Gasteiger partial charge is 0.290 e. The van der Waals surface area contributed by atoms with Gasteiger partial charge in [0.1, 0.15) is 4.83 Å². The minimum Gasteiger partial charge on any atom is -0.290 e. The first-order valence-electron chi connectivity index (χ1n) is 7.83. The highest BCUT2D eigenvalue weighted by Gasteiger charge is 2.22. The summed E-state index contributed by atoms with van der Waals surface area (Å²) in [4.78, 5) is 19.8. The van der Waals surface area contributed by atoms with Crippen molar-refractivity contribution in [1.82, 2.24) is 9.55 Å². The van der Waals surface area contributed by atoms with E-state index in [0.29, 0.717) is 0 Å². The number of benzene rings is 1.